The van der Waals surface area contributed by atoms with Gasteiger partial charge in [-0.25, -0.2) is 0 Å². The molecule has 2 rings (SSSR count). The molecule has 4 nitrogen and oxygen atoms in total. The van der Waals surface area contributed by atoms with Crippen molar-refractivity contribution in [3.05, 3.63) is 52.3 Å². The van der Waals surface area contributed by atoms with Crippen LogP contribution < -0.4 is 10.3 Å². The van der Waals surface area contributed by atoms with E-state index >= 15 is 0 Å². The molecule has 0 amide bonds. The summed E-state index contributed by atoms with van der Waals surface area (Å²) in [5.74, 6) is 0.732. The van der Waals surface area contributed by atoms with E-state index in [-0.39, 0.29) is 17.2 Å². The Morgan fingerprint density at radius 3 is 2.67 bits per heavy atom. The van der Waals surface area contributed by atoms with E-state index in [1.807, 2.05) is 44.2 Å². The Balaban J connectivity index is 2.70. The summed E-state index contributed by atoms with van der Waals surface area (Å²) in [7, 11) is 1.61. The number of pyridine rings is 1. The molecule has 1 atom stereocenters. The number of methoxy groups -OCH3 is 1. The van der Waals surface area contributed by atoms with Crippen molar-refractivity contribution in [2.75, 3.05) is 7.11 Å². The van der Waals surface area contributed by atoms with Crippen LogP contribution in [0.2, 0.25) is 0 Å². The number of hydrogen-bond donors (Lipinski definition) is 0. The van der Waals surface area contributed by atoms with Crippen molar-refractivity contribution in [2.24, 2.45) is 0 Å². The zero-order valence-corrected chi connectivity index (χ0v) is 12.5. The lowest BCUT2D eigenvalue weighted by molar-refractivity contribution is 0.112. The minimum Gasteiger partial charge on any atom is -0.497 e. The fourth-order valence-electron chi connectivity index (χ4n) is 2.30. The molecule has 0 spiro atoms. The third-order valence-corrected chi connectivity index (χ3v) is 3.67. The minimum atomic E-state index is -0.250. The Bertz CT molecular complexity index is 703. The second-order valence-corrected chi connectivity index (χ2v) is 4.96. The van der Waals surface area contributed by atoms with Crippen molar-refractivity contribution in [2.45, 2.75) is 26.3 Å². The number of rotatable bonds is 5. The van der Waals surface area contributed by atoms with Gasteiger partial charge in [0.05, 0.1) is 18.4 Å². The van der Waals surface area contributed by atoms with Gasteiger partial charge < -0.3 is 9.30 Å². The second kappa shape index (κ2) is 6.39. The summed E-state index contributed by atoms with van der Waals surface area (Å²) in [6.45, 7) is 3.99. The van der Waals surface area contributed by atoms with E-state index in [1.54, 1.807) is 17.7 Å². The Labute approximate surface area is 124 Å². The molecule has 0 bridgehead atoms. The van der Waals surface area contributed by atoms with Crippen LogP contribution in [0.15, 0.2) is 41.2 Å². The van der Waals surface area contributed by atoms with Crippen LogP contribution in [-0.2, 0) is 0 Å². The number of benzene rings is 1. The molecule has 0 saturated heterocycles. The number of ether oxygens (including phenoxy) is 1. The quantitative estimate of drug-likeness (QED) is 0.792. The maximum absolute atomic E-state index is 12.4. The first-order valence-corrected chi connectivity index (χ1v) is 6.97. The molecule has 0 radical (unpaired) electrons. The molecule has 4 heteroatoms. The Morgan fingerprint density at radius 1 is 1.29 bits per heavy atom. The third kappa shape index (κ3) is 2.89. The smallest absolute Gasteiger partial charge is 0.261 e. The fraction of sp³-hybridized carbons (Fsp3) is 0.294. The van der Waals surface area contributed by atoms with Gasteiger partial charge in [-0.2, -0.15) is 0 Å². The molecule has 2 aromatic rings. The van der Waals surface area contributed by atoms with Crippen LogP contribution in [0.25, 0.3) is 11.3 Å². The predicted octanol–water partition coefficient (Wildman–Crippen LogP) is 3.31. The minimum absolute atomic E-state index is 0.0126. The molecule has 1 unspecified atom stereocenters. The molecule has 21 heavy (non-hydrogen) atoms. The van der Waals surface area contributed by atoms with Crippen LogP contribution in [0.4, 0.5) is 0 Å². The van der Waals surface area contributed by atoms with Crippen LogP contribution in [0.1, 0.15) is 36.7 Å². The first-order chi connectivity index (χ1) is 10.1. The van der Waals surface area contributed by atoms with Crippen molar-refractivity contribution >= 4 is 6.29 Å². The second-order valence-electron chi connectivity index (χ2n) is 4.96. The zero-order valence-electron chi connectivity index (χ0n) is 12.5. The molecule has 1 heterocycles. The van der Waals surface area contributed by atoms with Gasteiger partial charge in [-0.3, -0.25) is 9.59 Å². The van der Waals surface area contributed by atoms with Crippen LogP contribution in [0.5, 0.6) is 5.75 Å². The van der Waals surface area contributed by atoms with Gasteiger partial charge in [0.25, 0.3) is 5.56 Å². The highest BCUT2D eigenvalue weighted by Gasteiger charge is 2.14. The average Bonchev–Trinajstić information content (AvgIpc) is 2.53. The average molecular weight is 285 g/mol. The van der Waals surface area contributed by atoms with Crippen LogP contribution in [-0.4, -0.2) is 18.0 Å². The van der Waals surface area contributed by atoms with Crippen molar-refractivity contribution in [1.82, 2.24) is 4.57 Å². The van der Waals surface area contributed by atoms with Crippen LogP contribution >= 0.6 is 0 Å². The number of hydrogen-bond acceptors (Lipinski definition) is 3. The molecule has 0 aliphatic carbocycles. The highest BCUT2D eigenvalue weighted by atomic mass is 16.5. The molecule has 1 aromatic carbocycles. The largest absolute Gasteiger partial charge is 0.497 e. The van der Waals surface area contributed by atoms with E-state index in [0.717, 1.165) is 23.4 Å². The fourth-order valence-corrected chi connectivity index (χ4v) is 2.30. The van der Waals surface area contributed by atoms with Gasteiger partial charge in [0.1, 0.15) is 5.75 Å². The maximum atomic E-state index is 12.4. The summed E-state index contributed by atoms with van der Waals surface area (Å²) in [6.07, 6.45) is 1.41. The molecule has 0 aliphatic rings. The van der Waals surface area contributed by atoms with Gasteiger partial charge in [0.15, 0.2) is 6.29 Å². The SMILES string of the molecule is CCC(C)n1c(-c2cccc(OC)c2)ccc(C=O)c1=O. The zero-order chi connectivity index (χ0) is 15.4. The number of nitrogens with zero attached hydrogens (tertiary/aromatic N) is 1. The Kier molecular flexibility index (Phi) is 4.58. The van der Waals surface area contributed by atoms with E-state index in [1.165, 1.54) is 0 Å². The molecule has 1 aromatic heterocycles. The van der Waals surface area contributed by atoms with Crippen LogP contribution in [0.3, 0.4) is 0 Å². The van der Waals surface area contributed by atoms with Gasteiger partial charge in [0, 0.05) is 11.6 Å². The first kappa shape index (κ1) is 15.0. The summed E-state index contributed by atoms with van der Waals surface area (Å²) in [5.41, 5.74) is 1.62. The van der Waals surface area contributed by atoms with Gasteiger partial charge >= 0.3 is 0 Å². The van der Waals surface area contributed by atoms with Crippen molar-refractivity contribution in [1.29, 1.82) is 0 Å². The summed E-state index contributed by atoms with van der Waals surface area (Å²) in [4.78, 5) is 23.5. The molecule has 0 fully saturated rings. The van der Waals surface area contributed by atoms with E-state index in [9.17, 15) is 9.59 Å². The highest BCUT2D eigenvalue weighted by Crippen LogP contribution is 2.25. The number of aldehydes is 1. The summed E-state index contributed by atoms with van der Waals surface area (Å²) in [6, 6.07) is 10.9. The molecule has 0 saturated carbocycles. The Hall–Kier alpha value is -2.36. The van der Waals surface area contributed by atoms with E-state index in [0.29, 0.717) is 6.29 Å². The normalized spacial score (nSPS) is 12.0. The van der Waals surface area contributed by atoms with E-state index in [2.05, 4.69) is 0 Å². The van der Waals surface area contributed by atoms with Crippen molar-refractivity contribution in [3.8, 4) is 17.0 Å². The number of carbonyl (C=O) groups excluding carboxylic acids is 1. The molecular weight excluding hydrogens is 266 g/mol. The lowest BCUT2D eigenvalue weighted by Crippen LogP contribution is -2.27. The molecule has 110 valence electrons. The van der Waals surface area contributed by atoms with E-state index in [4.69, 9.17) is 4.74 Å². The topological polar surface area (TPSA) is 48.3 Å². The lowest BCUT2D eigenvalue weighted by atomic mass is 10.1. The first-order valence-electron chi connectivity index (χ1n) is 6.97. The highest BCUT2D eigenvalue weighted by molar-refractivity contribution is 5.75. The maximum Gasteiger partial charge on any atom is 0.261 e. The number of aromatic nitrogens is 1. The van der Waals surface area contributed by atoms with Crippen molar-refractivity contribution < 1.29 is 9.53 Å². The lowest BCUT2D eigenvalue weighted by Gasteiger charge is -2.19. The van der Waals surface area contributed by atoms with Gasteiger partial charge in [-0.05, 0) is 37.6 Å². The van der Waals surface area contributed by atoms with Crippen molar-refractivity contribution in [3.63, 3.8) is 0 Å². The standard InChI is InChI=1S/C17H19NO3/c1-4-12(2)18-16(9-8-14(11-19)17(18)20)13-6-5-7-15(10-13)21-3/h5-12H,4H2,1-3H3. The molecular formula is C17H19NO3. The summed E-state index contributed by atoms with van der Waals surface area (Å²) >= 11 is 0. The summed E-state index contributed by atoms with van der Waals surface area (Å²) in [5, 5.41) is 0. The summed E-state index contributed by atoms with van der Waals surface area (Å²) < 4.78 is 6.91. The predicted molar refractivity (Wildman–Crippen MR) is 83.1 cm³/mol. The Morgan fingerprint density at radius 2 is 2.05 bits per heavy atom. The van der Waals surface area contributed by atoms with Gasteiger partial charge in [-0.15, -0.1) is 0 Å². The molecule has 0 aliphatic heterocycles. The van der Waals surface area contributed by atoms with Gasteiger partial charge in [0.2, 0.25) is 0 Å². The molecule has 0 N–H and O–H groups in total. The van der Waals surface area contributed by atoms with Gasteiger partial charge in [-0.1, -0.05) is 19.1 Å². The number of carbonyl (C=O) groups is 1. The van der Waals surface area contributed by atoms with Crippen LogP contribution in [0, 0.1) is 0 Å². The monoisotopic (exact) mass is 285 g/mol. The third-order valence-electron chi connectivity index (χ3n) is 3.67. The van der Waals surface area contributed by atoms with E-state index < -0.39 is 0 Å².